The van der Waals surface area contributed by atoms with E-state index >= 15 is 0 Å². The van der Waals surface area contributed by atoms with Crippen molar-refractivity contribution in [1.82, 2.24) is 0 Å². The van der Waals surface area contributed by atoms with Crippen molar-refractivity contribution >= 4 is 12.6 Å². The van der Waals surface area contributed by atoms with Gasteiger partial charge < -0.3 is 56.8 Å². The Morgan fingerprint density at radius 1 is 0.220 bits per heavy atom. The Morgan fingerprint density at radius 2 is 0.380 bits per heavy atom. The molecule has 7 aromatic rings. The second-order valence-corrected chi connectivity index (χ2v) is 22.8. The second kappa shape index (κ2) is 46.9. The molecule has 0 aromatic heterocycles. The zero-order valence-electron chi connectivity index (χ0n) is 58.5. The molecule has 100 heavy (non-hydrogen) atoms. The molecule has 14 heteroatoms. The van der Waals surface area contributed by atoms with Crippen molar-refractivity contribution in [3.8, 4) is 71.0 Å². The summed E-state index contributed by atoms with van der Waals surface area (Å²) in [6.07, 6.45) is 5.30. The number of hydrogen-bond donors (Lipinski definition) is 0. The minimum atomic E-state index is 0.464. The highest BCUT2D eigenvalue weighted by molar-refractivity contribution is 5.75. The maximum Gasteiger partial charge on any atom is 0.150 e. The largest absolute Gasteiger partial charge is 0.382 e. The molecule has 0 fully saturated rings. The summed E-state index contributed by atoms with van der Waals surface area (Å²) in [7, 11) is 9.94. The number of benzene rings is 7. The summed E-state index contributed by atoms with van der Waals surface area (Å²) >= 11 is 0. The summed E-state index contributed by atoms with van der Waals surface area (Å²) in [6.45, 7) is 8.65. The van der Waals surface area contributed by atoms with E-state index in [4.69, 9.17) is 56.8 Å². The predicted octanol–water partition coefficient (Wildman–Crippen LogP) is 10.9. The zero-order chi connectivity index (χ0) is 70.5. The number of methoxy groups -OCH3 is 6. The fourth-order valence-corrected chi connectivity index (χ4v) is 9.97. The first-order chi connectivity index (χ1) is 49.3. The Balaban J connectivity index is 1.18. The van der Waals surface area contributed by atoms with Gasteiger partial charge in [0.15, 0.2) is 0 Å². The lowest BCUT2D eigenvalue weighted by atomic mass is 9.94. The van der Waals surface area contributed by atoms with Gasteiger partial charge in [0.1, 0.15) is 12.6 Å². The quantitative estimate of drug-likeness (QED) is 0.0206. The third-order valence-corrected chi connectivity index (χ3v) is 15.6. The van der Waals surface area contributed by atoms with Crippen LogP contribution < -0.4 is 0 Å². The van der Waals surface area contributed by atoms with Gasteiger partial charge in [-0.05, 0) is 181 Å². The van der Waals surface area contributed by atoms with Crippen molar-refractivity contribution in [2.75, 3.05) is 162 Å². The summed E-state index contributed by atoms with van der Waals surface area (Å²) in [5.41, 5.74) is 17.4. The van der Waals surface area contributed by atoms with Gasteiger partial charge in [-0.1, -0.05) is 95.3 Å². The van der Waals surface area contributed by atoms with E-state index < -0.39 is 0 Å². The fourth-order valence-electron chi connectivity index (χ4n) is 9.97. The molecule has 0 saturated carbocycles. The van der Waals surface area contributed by atoms with E-state index in [2.05, 4.69) is 107 Å². The lowest BCUT2D eigenvalue weighted by Crippen LogP contribution is -2.08. The summed E-state index contributed by atoms with van der Waals surface area (Å²) in [6, 6.07) is 43.1. The molecule has 0 atom stereocenters. The van der Waals surface area contributed by atoms with E-state index in [-0.39, 0.29) is 0 Å². The van der Waals surface area contributed by atoms with Crippen LogP contribution in [0.15, 0.2) is 133 Å². The van der Waals surface area contributed by atoms with Crippen LogP contribution in [0.4, 0.5) is 0 Å². The first-order valence-corrected chi connectivity index (χ1v) is 33.6. The molecule has 0 aliphatic carbocycles. The standard InChI is InChI=1S/C86H90O14/c1-89-47-53-95-41-35-81-59-76(30-24-68-9-13-70(14-10-68)26-32-78-62-86(40-46-100-58-52-94-6)80(64-84(78)38-44-98-56-50-92-4)34-28-72-17-21-74(66-88)22-18-72)82(36-42-96-54-48-90-2)60-75(81)29-23-67-7-11-69(12-8-67)25-31-77-61-85(39-45-99-57-51-93-5)79(63-83(77)37-43-97-55-49-91-3)33-27-71-15-19-73(65-87)20-16-71/h7-22,59-66H,35-58H2,1-6H3. The van der Waals surface area contributed by atoms with E-state index in [1.165, 1.54) is 0 Å². The van der Waals surface area contributed by atoms with Crippen molar-refractivity contribution in [2.45, 2.75) is 38.5 Å². The van der Waals surface area contributed by atoms with Crippen LogP contribution in [-0.2, 0) is 95.4 Å². The second-order valence-electron chi connectivity index (χ2n) is 22.8. The maximum atomic E-state index is 11.3. The van der Waals surface area contributed by atoms with Crippen LogP contribution in [0.3, 0.4) is 0 Å². The highest BCUT2D eigenvalue weighted by Crippen LogP contribution is 2.23. The highest BCUT2D eigenvalue weighted by atomic mass is 16.5. The van der Waals surface area contributed by atoms with Crippen molar-refractivity contribution in [2.24, 2.45) is 0 Å². The molecule has 0 radical (unpaired) electrons. The van der Waals surface area contributed by atoms with Gasteiger partial charge in [-0.25, -0.2) is 0 Å². The molecule has 0 spiro atoms. The van der Waals surface area contributed by atoms with Gasteiger partial charge >= 0.3 is 0 Å². The minimum absolute atomic E-state index is 0.464. The number of rotatable bonds is 38. The molecule has 7 aromatic carbocycles. The van der Waals surface area contributed by atoms with Gasteiger partial charge in [0.25, 0.3) is 0 Å². The van der Waals surface area contributed by atoms with Crippen LogP contribution in [0.25, 0.3) is 0 Å². The smallest absolute Gasteiger partial charge is 0.150 e. The Labute approximate surface area is 592 Å². The minimum Gasteiger partial charge on any atom is -0.382 e. The number of hydrogen-bond acceptors (Lipinski definition) is 14. The highest BCUT2D eigenvalue weighted by Gasteiger charge is 2.14. The van der Waals surface area contributed by atoms with E-state index in [0.29, 0.717) is 169 Å². The Kier molecular flexibility index (Phi) is 36.6. The molecule has 7 rings (SSSR count). The fraction of sp³-hybridized carbons (Fsp3) is 0.349. The van der Waals surface area contributed by atoms with Crippen LogP contribution in [0, 0.1) is 71.0 Å². The molecule has 0 aliphatic rings. The van der Waals surface area contributed by atoms with Gasteiger partial charge in [-0.15, -0.1) is 0 Å². The molecule has 0 bridgehead atoms. The number of carbonyl (C=O) groups is 2. The molecule has 14 nitrogen and oxygen atoms in total. The topological polar surface area (TPSA) is 145 Å². The van der Waals surface area contributed by atoms with Crippen LogP contribution in [-0.4, -0.2) is 174 Å². The summed E-state index contributed by atoms with van der Waals surface area (Å²) in [5, 5.41) is 0. The lowest BCUT2D eigenvalue weighted by Gasteiger charge is -2.12. The summed E-state index contributed by atoms with van der Waals surface area (Å²) in [5.74, 6) is 41.1. The number of ether oxygens (including phenoxy) is 12. The molecule has 0 N–H and O–H groups in total. The Morgan fingerprint density at radius 3 is 0.530 bits per heavy atom. The van der Waals surface area contributed by atoms with Crippen molar-refractivity contribution < 1.29 is 66.4 Å². The number of carbonyl (C=O) groups excluding carboxylic acids is 2. The Hall–Kier alpha value is -9.24. The zero-order valence-corrected chi connectivity index (χ0v) is 58.5. The van der Waals surface area contributed by atoms with Crippen molar-refractivity contribution in [1.29, 1.82) is 0 Å². The summed E-state index contributed by atoms with van der Waals surface area (Å²) < 4.78 is 67.2. The van der Waals surface area contributed by atoms with Gasteiger partial charge in [-0.2, -0.15) is 0 Å². The average molecular weight is 1350 g/mol. The van der Waals surface area contributed by atoms with E-state index in [0.717, 1.165) is 113 Å². The van der Waals surface area contributed by atoms with E-state index in [1.807, 2.05) is 72.8 Å². The van der Waals surface area contributed by atoms with Crippen LogP contribution in [0.1, 0.15) is 121 Å². The van der Waals surface area contributed by atoms with Crippen LogP contribution >= 0.6 is 0 Å². The third kappa shape index (κ3) is 28.5. The van der Waals surface area contributed by atoms with Gasteiger partial charge in [0.05, 0.1) is 119 Å². The van der Waals surface area contributed by atoms with Crippen LogP contribution in [0.2, 0.25) is 0 Å². The first kappa shape index (κ1) is 78.1. The van der Waals surface area contributed by atoms with E-state index in [9.17, 15) is 9.59 Å². The molecule has 0 amide bonds. The average Bonchev–Trinajstić information content (AvgIpc) is 0.839. The molecule has 0 saturated heterocycles. The van der Waals surface area contributed by atoms with Crippen molar-refractivity contribution in [3.05, 3.63) is 245 Å². The summed E-state index contributed by atoms with van der Waals surface area (Å²) in [4.78, 5) is 22.7. The van der Waals surface area contributed by atoms with Gasteiger partial charge in [0, 0.05) is 121 Å². The maximum absolute atomic E-state index is 11.3. The van der Waals surface area contributed by atoms with Gasteiger partial charge in [-0.3, -0.25) is 9.59 Å². The predicted molar refractivity (Wildman–Crippen MR) is 390 cm³/mol. The van der Waals surface area contributed by atoms with E-state index in [1.54, 1.807) is 66.9 Å². The number of aldehydes is 2. The van der Waals surface area contributed by atoms with Crippen LogP contribution in [0.5, 0.6) is 0 Å². The molecule has 0 aliphatic heterocycles. The normalized spacial score (nSPS) is 10.5. The molecule has 518 valence electrons. The molecule has 0 unspecified atom stereocenters. The van der Waals surface area contributed by atoms with Crippen molar-refractivity contribution in [3.63, 3.8) is 0 Å². The lowest BCUT2D eigenvalue weighted by molar-refractivity contribution is 0.0720. The molecular weight excluding hydrogens is 1260 g/mol. The Bertz CT molecular complexity index is 3800. The monoisotopic (exact) mass is 1350 g/mol. The van der Waals surface area contributed by atoms with Gasteiger partial charge in [0.2, 0.25) is 0 Å². The third-order valence-electron chi connectivity index (χ3n) is 15.6. The molecule has 0 heterocycles. The SMILES string of the molecule is COCCOCCc1cc(C#Cc2ccc(C#Cc3cc(CCOCCOC)c(C#Cc4ccc(C=O)cc4)cc3CCOCCOC)cc2)c(CCOCCOC)cc1C#Cc1ccc(C#Cc2cc(CCOCCOC)c(C#Cc3ccc(C=O)cc3)cc2CCOCCOC)cc1. The molecular formula is C86H90O14. The first-order valence-electron chi connectivity index (χ1n) is 33.6.